The Hall–Kier alpha value is -0.820. The van der Waals surface area contributed by atoms with Gasteiger partial charge in [-0.1, -0.05) is 32.0 Å². The highest BCUT2D eigenvalue weighted by Gasteiger charge is 2.39. The number of rotatable bonds is 1. The lowest BCUT2D eigenvalue weighted by molar-refractivity contribution is 0.143. The third kappa shape index (κ3) is 1.58. The molecule has 0 atom stereocenters. The van der Waals surface area contributed by atoms with Crippen LogP contribution in [-0.4, -0.2) is 13.1 Å². The molecule has 1 heterocycles. The second-order valence-electron chi connectivity index (χ2n) is 5.96. The topological polar surface area (TPSA) is 12.0 Å². The minimum Gasteiger partial charge on any atom is -0.316 e. The van der Waals surface area contributed by atoms with Crippen molar-refractivity contribution in [2.75, 3.05) is 13.1 Å². The largest absolute Gasteiger partial charge is 0.316 e. The highest BCUT2D eigenvalue weighted by molar-refractivity contribution is 5.37. The molecule has 16 heavy (non-hydrogen) atoms. The van der Waals surface area contributed by atoms with E-state index >= 15 is 0 Å². The van der Waals surface area contributed by atoms with Gasteiger partial charge in [0.25, 0.3) is 0 Å². The molecule has 1 aromatic rings. The summed E-state index contributed by atoms with van der Waals surface area (Å²) in [6, 6.07) is 7.15. The van der Waals surface area contributed by atoms with Gasteiger partial charge in [0.1, 0.15) is 0 Å². The van der Waals surface area contributed by atoms with Crippen molar-refractivity contribution < 1.29 is 0 Å². The van der Waals surface area contributed by atoms with Gasteiger partial charge < -0.3 is 5.32 Å². The Bertz CT molecular complexity index is 402. The maximum absolute atomic E-state index is 3.43. The molecule has 1 heteroatoms. The van der Waals surface area contributed by atoms with Crippen LogP contribution in [0.3, 0.4) is 0 Å². The monoisotopic (exact) mass is 215 g/mol. The molecule has 0 unspecified atom stereocenters. The summed E-state index contributed by atoms with van der Waals surface area (Å²) < 4.78 is 0. The van der Waals surface area contributed by atoms with Crippen molar-refractivity contribution in [1.29, 1.82) is 0 Å². The summed E-state index contributed by atoms with van der Waals surface area (Å²) in [4.78, 5) is 0. The minimum atomic E-state index is 0.617. The second kappa shape index (κ2) is 3.59. The molecule has 2 aliphatic rings. The highest BCUT2D eigenvalue weighted by Crippen LogP contribution is 2.39. The molecular formula is C15H21N. The van der Waals surface area contributed by atoms with E-state index in [4.69, 9.17) is 0 Å². The van der Waals surface area contributed by atoms with Gasteiger partial charge in [-0.05, 0) is 47.3 Å². The average Bonchev–Trinajstić information content (AvgIpc) is 2.25. The maximum atomic E-state index is 3.43. The predicted octanol–water partition coefficient (Wildman–Crippen LogP) is 2.89. The first kappa shape index (κ1) is 10.3. The van der Waals surface area contributed by atoms with Gasteiger partial charge in [-0.3, -0.25) is 0 Å². The molecule has 1 nitrogen and oxygen atoms in total. The normalized spacial score (nSPS) is 21.9. The van der Waals surface area contributed by atoms with Gasteiger partial charge in [0.2, 0.25) is 0 Å². The average molecular weight is 215 g/mol. The number of aryl methyl sites for hydroxylation is 1. The highest BCUT2D eigenvalue weighted by atomic mass is 15.0. The molecule has 1 N–H and O–H groups in total. The Balaban J connectivity index is 1.89. The Kier molecular flexibility index (Phi) is 2.32. The molecule has 1 fully saturated rings. The zero-order valence-corrected chi connectivity index (χ0v) is 10.3. The second-order valence-corrected chi connectivity index (χ2v) is 5.96. The van der Waals surface area contributed by atoms with Crippen molar-refractivity contribution in [3.63, 3.8) is 0 Å². The van der Waals surface area contributed by atoms with Crippen LogP contribution in [0.1, 0.15) is 42.9 Å². The van der Waals surface area contributed by atoms with Crippen LogP contribution in [0.2, 0.25) is 0 Å². The van der Waals surface area contributed by atoms with E-state index in [9.17, 15) is 0 Å². The van der Waals surface area contributed by atoms with Crippen LogP contribution in [-0.2, 0) is 12.8 Å². The Morgan fingerprint density at radius 1 is 1.19 bits per heavy atom. The summed E-state index contributed by atoms with van der Waals surface area (Å²) in [6.45, 7) is 7.03. The summed E-state index contributed by atoms with van der Waals surface area (Å²) in [7, 11) is 0. The van der Waals surface area contributed by atoms with Crippen LogP contribution >= 0.6 is 0 Å². The van der Waals surface area contributed by atoms with E-state index in [0.29, 0.717) is 11.3 Å². The zero-order chi connectivity index (χ0) is 11.2. The lowest BCUT2D eigenvalue weighted by atomic mass is 9.67. The SMILES string of the molecule is CC(C)c1ccc2c(c1)CCC1(CNC1)C2. The third-order valence-electron chi connectivity index (χ3n) is 4.39. The minimum absolute atomic E-state index is 0.617. The molecule has 0 bridgehead atoms. The lowest BCUT2D eigenvalue weighted by Crippen LogP contribution is -2.56. The van der Waals surface area contributed by atoms with Gasteiger partial charge in [-0.25, -0.2) is 0 Å². The number of nitrogens with one attached hydrogen (secondary N) is 1. The number of fused-ring (bicyclic) bond motifs is 1. The summed E-state index contributed by atoms with van der Waals surface area (Å²) >= 11 is 0. The molecule has 86 valence electrons. The molecule has 1 spiro atoms. The van der Waals surface area contributed by atoms with Crippen LogP contribution in [0.5, 0.6) is 0 Å². The molecule has 1 aromatic carbocycles. The van der Waals surface area contributed by atoms with E-state index in [2.05, 4.69) is 37.4 Å². The van der Waals surface area contributed by atoms with Gasteiger partial charge in [0.15, 0.2) is 0 Å². The molecule has 0 radical (unpaired) electrons. The van der Waals surface area contributed by atoms with Crippen molar-refractivity contribution in [2.24, 2.45) is 5.41 Å². The fourth-order valence-corrected chi connectivity index (χ4v) is 3.08. The van der Waals surface area contributed by atoms with Crippen molar-refractivity contribution in [3.05, 3.63) is 34.9 Å². The quantitative estimate of drug-likeness (QED) is 0.759. The van der Waals surface area contributed by atoms with Crippen molar-refractivity contribution in [2.45, 2.75) is 39.0 Å². The summed E-state index contributed by atoms with van der Waals surface area (Å²) in [5.74, 6) is 0.659. The molecule has 0 aromatic heterocycles. The number of hydrogen-bond acceptors (Lipinski definition) is 1. The summed E-state index contributed by atoms with van der Waals surface area (Å²) in [6.07, 6.45) is 3.97. The van der Waals surface area contributed by atoms with Gasteiger partial charge in [0.05, 0.1) is 0 Å². The number of hydrogen-bond donors (Lipinski definition) is 1. The molecule has 0 amide bonds. The standard InChI is InChI=1S/C15H21N/c1-11(2)12-3-4-14-8-15(9-16-10-15)6-5-13(14)7-12/h3-4,7,11,16H,5-6,8-10H2,1-2H3. The van der Waals surface area contributed by atoms with Crippen molar-refractivity contribution in [1.82, 2.24) is 5.32 Å². The van der Waals surface area contributed by atoms with Crippen LogP contribution < -0.4 is 5.32 Å². The molecule has 1 aliphatic carbocycles. The Morgan fingerprint density at radius 3 is 2.62 bits per heavy atom. The van der Waals surface area contributed by atoms with Crippen LogP contribution in [0, 0.1) is 5.41 Å². The van der Waals surface area contributed by atoms with Crippen molar-refractivity contribution >= 4 is 0 Å². The third-order valence-corrected chi connectivity index (χ3v) is 4.39. The number of benzene rings is 1. The molecular weight excluding hydrogens is 194 g/mol. The first-order valence-electron chi connectivity index (χ1n) is 6.51. The van der Waals surface area contributed by atoms with Crippen LogP contribution in [0.25, 0.3) is 0 Å². The predicted molar refractivity (Wildman–Crippen MR) is 67.9 cm³/mol. The first-order valence-corrected chi connectivity index (χ1v) is 6.51. The molecule has 0 saturated carbocycles. The van der Waals surface area contributed by atoms with Crippen LogP contribution in [0.4, 0.5) is 0 Å². The van der Waals surface area contributed by atoms with Gasteiger partial charge >= 0.3 is 0 Å². The van der Waals surface area contributed by atoms with Crippen LogP contribution in [0.15, 0.2) is 18.2 Å². The lowest BCUT2D eigenvalue weighted by Gasteiger charge is -2.46. The van der Waals surface area contributed by atoms with Gasteiger partial charge in [0, 0.05) is 13.1 Å². The van der Waals surface area contributed by atoms with E-state index in [0.717, 1.165) is 0 Å². The van der Waals surface area contributed by atoms with E-state index in [1.54, 1.807) is 11.1 Å². The van der Waals surface area contributed by atoms with Crippen molar-refractivity contribution in [3.8, 4) is 0 Å². The zero-order valence-electron chi connectivity index (χ0n) is 10.3. The molecule has 1 saturated heterocycles. The smallest absolute Gasteiger partial charge is 0.00235 e. The fraction of sp³-hybridized carbons (Fsp3) is 0.600. The first-order chi connectivity index (χ1) is 7.69. The maximum Gasteiger partial charge on any atom is 0.00235 e. The van der Waals surface area contributed by atoms with E-state index in [-0.39, 0.29) is 0 Å². The van der Waals surface area contributed by atoms with E-state index < -0.39 is 0 Å². The van der Waals surface area contributed by atoms with Gasteiger partial charge in [-0.15, -0.1) is 0 Å². The Labute approximate surface area is 98.3 Å². The Morgan fingerprint density at radius 2 is 2.00 bits per heavy atom. The molecule has 1 aliphatic heterocycles. The van der Waals surface area contributed by atoms with E-state index in [1.807, 2.05) is 0 Å². The van der Waals surface area contributed by atoms with Gasteiger partial charge in [-0.2, -0.15) is 0 Å². The fourth-order valence-electron chi connectivity index (χ4n) is 3.08. The summed E-state index contributed by atoms with van der Waals surface area (Å²) in [5.41, 5.74) is 5.34. The molecule has 3 rings (SSSR count). The summed E-state index contributed by atoms with van der Waals surface area (Å²) in [5, 5.41) is 3.43. The van der Waals surface area contributed by atoms with E-state index in [1.165, 1.54) is 37.9 Å².